The van der Waals surface area contributed by atoms with Gasteiger partial charge in [0.05, 0.1) is 12.1 Å². The van der Waals surface area contributed by atoms with E-state index in [0.29, 0.717) is 13.0 Å². The normalized spacial score (nSPS) is 22.6. The van der Waals surface area contributed by atoms with Crippen LogP contribution < -0.4 is 0 Å². The lowest BCUT2D eigenvalue weighted by Gasteiger charge is -2.22. The van der Waals surface area contributed by atoms with Gasteiger partial charge in [-0.15, -0.1) is 0 Å². The predicted octanol–water partition coefficient (Wildman–Crippen LogP) is 3.46. The van der Waals surface area contributed by atoms with Crippen LogP contribution in [-0.4, -0.2) is 11.2 Å². The van der Waals surface area contributed by atoms with Crippen LogP contribution in [0.25, 0.3) is 0 Å². The van der Waals surface area contributed by atoms with Crippen molar-refractivity contribution in [3.63, 3.8) is 0 Å². The van der Waals surface area contributed by atoms with Crippen LogP contribution in [-0.2, 0) is 11.4 Å². The Labute approximate surface area is 119 Å². The fourth-order valence-corrected chi connectivity index (χ4v) is 2.56. The Balaban J connectivity index is 1.82. The molecule has 2 aromatic carbocycles. The number of rotatable bonds is 3. The van der Waals surface area contributed by atoms with E-state index in [1.165, 1.54) is 11.1 Å². The predicted molar refractivity (Wildman–Crippen MR) is 76.3 cm³/mol. The molecule has 0 N–H and O–H groups in total. The molecule has 0 aromatic heterocycles. The van der Waals surface area contributed by atoms with E-state index >= 15 is 0 Å². The van der Waals surface area contributed by atoms with Crippen molar-refractivity contribution >= 4 is 0 Å². The van der Waals surface area contributed by atoms with Crippen LogP contribution >= 0.6 is 0 Å². The Morgan fingerprint density at radius 2 is 1.70 bits per heavy atom. The molecule has 1 aliphatic rings. The van der Waals surface area contributed by atoms with Crippen LogP contribution in [0.3, 0.4) is 0 Å². The molecule has 0 aliphatic carbocycles. The first-order valence-electron chi connectivity index (χ1n) is 6.79. The van der Waals surface area contributed by atoms with Gasteiger partial charge in [-0.05, 0) is 11.1 Å². The van der Waals surface area contributed by atoms with Gasteiger partial charge in [0.25, 0.3) is 0 Å². The van der Waals surface area contributed by atoms with Crippen molar-refractivity contribution in [3.05, 3.63) is 71.8 Å². The molecule has 0 bridgehead atoms. The SMILES string of the molecule is N#C[C@@H]1C[C@H](c2ccccc2)N(Cc2ccccc2)O1. The van der Waals surface area contributed by atoms with Crippen molar-refractivity contribution < 1.29 is 4.84 Å². The Hall–Kier alpha value is -2.15. The molecule has 3 rings (SSSR count). The highest BCUT2D eigenvalue weighted by Gasteiger charge is 2.34. The second kappa shape index (κ2) is 5.87. The summed E-state index contributed by atoms with van der Waals surface area (Å²) in [6.45, 7) is 0.693. The first-order valence-corrected chi connectivity index (χ1v) is 6.79. The van der Waals surface area contributed by atoms with Crippen LogP contribution in [0.5, 0.6) is 0 Å². The minimum Gasteiger partial charge on any atom is -0.279 e. The van der Waals surface area contributed by atoms with Gasteiger partial charge >= 0.3 is 0 Å². The van der Waals surface area contributed by atoms with Crippen molar-refractivity contribution in [1.82, 2.24) is 5.06 Å². The second-order valence-corrected chi connectivity index (χ2v) is 4.95. The molecule has 3 nitrogen and oxygen atoms in total. The average Bonchev–Trinajstić information content (AvgIpc) is 2.92. The summed E-state index contributed by atoms with van der Waals surface area (Å²) in [4.78, 5) is 5.75. The van der Waals surface area contributed by atoms with Crippen LogP contribution in [0, 0.1) is 11.3 Å². The van der Waals surface area contributed by atoms with Crippen molar-refractivity contribution in [3.8, 4) is 6.07 Å². The Kier molecular flexibility index (Phi) is 3.78. The topological polar surface area (TPSA) is 36.3 Å². The van der Waals surface area contributed by atoms with Crippen molar-refractivity contribution in [2.24, 2.45) is 0 Å². The minimum absolute atomic E-state index is 0.140. The summed E-state index contributed by atoms with van der Waals surface area (Å²) in [5.41, 5.74) is 2.38. The number of nitriles is 1. The van der Waals surface area contributed by atoms with Gasteiger partial charge in [-0.2, -0.15) is 10.3 Å². The van der Waals surface area contributed by atoms with E-state index in [2.05, 4.69) is 30.3 Å². The zero-order chi connectivity index (χ0) is 13.8. The smallest absolute Gasteiger partial charge is 0.167 e. The summed E-state index contributed by atoms with van der Waals surface area (Å²) in [6.07, 6.45) is 0.358. The second-order valence-electron chi connectivity index (χ2n) is 4.95. The highest BCUT2D eigenvalue weighted by Crippen LogP contribution is 2.34. The van der Waals surface area contributed by atoms with E-state index in [0.717, 1.165) is 0 Å². The van der Waals surface area contributed by atoms with Gasteiger partial charge in [-0.1, -0.05) is 60.7 Å². The molecule has 1 saturated heterocycles. The third-order valence-electron chi connectivity index (χ3n) is 3.56. The third kappa shape index (κ3) is 2.72. The molecule has 0 radical (unpaired) electrons. The molecule has 0 spiro atoms. The summed E-state index contributed by atoms with van der Waals surface area (Å²) in [7, 11) is 0. The lowest BCUT2D eigenvalue weighted by atomic mass is 10.0. The third-order valence-corrected chi connectivity index (χ3v) is 3.56. The molecule has 0 unspecified atom stereocenters. The van der Waals surface area contributed by atoms with E-state index in [-0.39, 0.29) is 12.1 Å². The maximum Gasteiger partial charge on any atom is 0.167 e. The molecular formula is C17H16N2O. The molecule has 2 atom stereocenters. The summed E-state index contributed by atoms with van der Waals surface area (Å²) < 4.78 is 0. The lowest BCUT2D eigenvalue weighted by molar-refractivity contribution is -0.157. The number of benzene rings is 2. The highest BCUT2D eigenvalue weighted by molar-refractivity contribution is 5.21. The van der Waals surface area contributed by atoms with Crippen molar-refractivity contribution in [2.45, 2.75) is 25.1 Å². The fraction of sp³-hybridized carbons (Fsp3) is 0.235. The average molecular weight is 264 g/mol. The van der Waals surface area contributed by atoms with Crippen LogP contribution in [0.2, 0.25) is 0 Å². The Morgan fingerprint density at radius 1 is 1.05 bits per heavy atom. The molecule has 20 heavy (non-hydrogen) atoms. The largest absolute Gasteiger partial charge is 0.279 e. The van der Waals surface area contributed by atoms with E-state index < -0.39 is 0 Å². The number of hydrogen-bond donors (Lipinski definition) is 0. The van der Waals surface area contributed by atoms with Gasteiger partial charge < -0.3 is 0 Å². The van der Waals surface area contributed by atoms with E-state index in [1.54, 1.807) is 0 Å². The maximum atomic E-state index is 9.11. The molecule has 2 aromatic rings. The summed E-state index contributed by atoms with van der Waals surface area (Å²) in [5, 5.41) is 11.0. The van der Waals surface area contributed by atoms with Crippen molar-refractivity contribution in [1.29, 1.82) is 5.26 Å². The Morgan fingerprint density at radius 3 is 2.35 bits per heavy atom. The quantitative estimate of drug-likeness (QED) is 0.851. The zero-order valence-corrected chi connectivity index (χ0v) is 11.1. The summed E-state index contributed by atoms with van der Waals surface area (Å²) in [5.74, 6) is 0. The molecule has 100 valence electrons. The van der Waals surface area contributed by atoms with Crippen LogP contribution in [0.1, 0.15) is 23.6 Å². The first kappa shape index (κ1) is 12.9. The van der Waals surface area contributed by atoms with Gasteiger partial charge in [0.2, 0.25) is 0 Å². The number of hydrogen-bond acceptors (Lipinski definition) is 3. The van der Waals surface area contributed by atoms with Gasteiger partial charge in [-0.25, -0.2) is 0 Å². The number of nitrogens with zero attached hydrogens (tertiary/aromatic N) is 2. The van der Waals surface area contributed by atoms with Gasteiger partial charge in [0, 0.05) is 13.0 Å². The summed E-state index contributed by atoms with van der Waals surface area (Å²) >= 11 is 0. The van der Waals surface area contributed by atoms with E-state index in [1.807, 2.05) is 41.5 Å². The van der Waals surface area contributed by atoms with E-state index in [9.17, 15) is 0 Å². The zero-order valence-electron chi connectivity index (χ0n) is 11.1. The molecule has 0 saturated carbocycles. The highest BCUT2D eigenvalue weighted by atomic mass is 16.7. The molecule has 1 aliphatic heterocycles. The maximum absolute atomic E-state index is 9.11. The molecule has 1 heterocycles. The Bertz CT molecular complexity index is 591. The fourth-order valence-electron chi connectivity index (χ4n) is 2.56. The molecule has 1 fully saturated rings. The van der Waals surface area contributed by atoms with Gasteiger partial charge in [0.1, 0.15) is 0 Å². The van der Waals surface area contributed by atoms with E-state index in [4.69, 9.17) is 10.1 Å². The lowest BCUT2D eigenvalue weighted by Crippen LogP contribution is -2.22. The first-order chi connectivity index (χ1) is 9.86. The molecule has 3 heteroatoms. The van der Waals surface area contributed by atoms with Gasteiger partial charge in [-0.3, -0.25) is 4.84 Å². The molecule has 0 amide bonds. The van der Waals surface area contributed by atoms with Crippen LogP contribution in [0.4, 0.5) is 0 Å². The van der Waals surface area contributed by atoms with Crippen molar-refractivity contribution in [2.75, 3.05) is 0 Å². The monoisotopic (exact) mass is 264 g/mol. The van der Waals surface area contributed by atoms with Gasteiger partial charge in [0.15, 0.2) is 6.10 Å². The molecular weight excluding hydrogens is 248 g/mol. The van der Waals surface area contributed by atoms with Crippen LogP contribution in [0.15, 0.2) is 60.7 Å². The number of hydroxylamine groups is 2. The minimum atomic E-state index is -0.357. The standard InChI is InChI=1S/C17H16N2O/c18-12-16-11-17(15-9-5-2-6-10-15)19(20-16)13-14-7-3-1-4-8-14/h1-10,16-17H,11,13H2/t16-,17+/m0/s1. The summed E-state index contributed by atoms with van der Waals surface area (Å²) in [6, 6.07) is 22.8.